The highest BCUT2D eigenvalue weighted by Gasteiger charge is 2.14. The molecule has 0 amide bonds. The van der Waals surface area contributed by atoms with Crippen molar-refractivity contribution in [2.45, 2.75) is 51.9 Å². The van der Waals surface area contributed by atoms with E-state index in [0.29, 0.717) is 12.8 Å². The summed E-state index contributed by atoms with van der Waals surface area (Å²) in [6.07, 6.45) is 5.10. The molecule has 1 unspecified atom stereocenters. The molecule has 4 nitrogen and oxygen atoms in total. The van der Waals surface area contributed by atoms with E-state index < -0.39 is 7.60 Å². The summed E-state index contributed by atoms with van der Waals surface area (Å²) in [6.45, 7) is 4.18. The van der Waals surface area contributed by atoms with Gasteiger partial charge >= 0.3 is 7.60 Å². The van der Waals surface area contributed by atoms with Crippen LogP contribution in [-0.4, -0.2) is 15.9 Å². The van der Waals surface area contributed by atoms with Gasteiger partial charge in [-0.15, -0.1) is 0 Å². The highest BCUT2D eigenvalue weighted by molar-refractivity contribution is 7.51. The third-order valence-electron chi connectivity index (χ3n) is 6.93. The molecule has 2 N–H and O–H groups in total. The monoisotopic (exact) mass is 544 g/mol. The van der Waals surface area contributed by atoms with Gasteiger partial charge < -0.3 is 14.2 Å². The van der Waals surface area contributed by atoms with E-state index in [0.717, 1.165) is 52.8 Å². The van der Waals surface area contributed by atoms with E-state index in [2.05, 4.69) is 50.0 Å². The minimum atomic E-state index is -3.94. The highest BCUT2D eigenvalue weighted by Crippen LogP contribution is 2.35. The van der Waals surface area contributed by atoms with Crippen LogP contribution in [-0.2, 0) is 17.4 Å². The molecule has 0 spiro atoms. The van der Waals surface area contributed by atoms with E-state index in [-0.39, 0.29) is 17.9 Å². The summed E-state index contributed by atoms with van der Waals surface area (Å²) in [6, 6.07) is 22.9. The zero-order valence-corrected chi connectivity index (χ0v) is 23.3. The summed E-state index contributed by atoms with van der Waals surface area (Å²) in [7, 11) is -3.94. The maximum absolute atomic E-state index is 14.2. The molecular formula is C33H34FO4P. The third-order valence-corrected chi connectivity index (χ3v) is 7.83. The van der Waals surface area contributed by atoms with E-state index in [9.17, 15) is 8.96 Å². The minimum absolute atomic E-state index is 0.0756. The Hall–Kier alpha value is -3.42. The maximum atomic E-state index is 14.2. The predicted molar refractivity (Wildman–Crippen MR) is 154 cm³/mol. The van der Waals surface area contributed by atoms with Crippen molar-refractivity contribution < 1.29 is 23.2 Å². The molecule has 0 aliphatic rings. The quantitative estimate of drug-likeness (QED) is 0.121. The first-order chi connectivity index (χ1) is 18.7. The molecule has 202 valence electrons. The second-order valence-electron chi connectivity index (χ2n) is 10.1. The van der Waals surface area contributed by atoms with Crippen molar-refractivity contribution >= 4 is 7.60 Å². The van der Waals surface area contributed by atoms with Crippen LogP contribution in [0.15, 0.2) is 83.5 Å². The number of hydrogen-bond acceptors (Lipinski definition) is 2. The summed E-state index contributed by atoms with van der Waals surface area (Å²) in [5.74, 6) is 7.04. The van der Waals surface area contributed by atoms with Gasteiger partial charge in [-0.05, 0) is 104 Å². The van der Waals surface area contributed by atoms with Gasteiger partial charge in [0, 0.05) is 23.2 Å². The Balaban J connectivity index is 1.60. The number of unbranched alkanes of at least 4 members (excludes halogenated alkanes) is 2. The molecule has 0 aliphatic carbocycles. The molecule has 1 aromatic heterocycles. The molecule has 0 fully saturated rings. The van der Waals surface area contributed by atoms with Gasteiger partial charge in [0.25, 0.3) is 0 Å². The Morgan fingerprint density at radius 1 is 0.897 bits per heavy atom. The Bertz CT molecular complexity index is 1510. The van der Waals surface area contributed by atoms with Gasteiger partial charge in [-0.2, -0.15) is 0 Å². The highest BCUT2D eigenvalue weighted by atomic mass is 31.2. The number of halogens is 1. The van der Waals surface area contributed by atoms with Gasteiger partial charge in [0.05, 0.1) is 6.26 Å². The SMILES string of the molecule is Cc1ccc(CC(C#Cc2ccc(CCCCCP(=O)(O)O)cc2-c2ccco2)c2cccc(F)c2)cc1C. The third kappa shape index (κ3) is 8.53. The molecule has 4 rings (SSSR count). The fourth-order valence-electron chi connectivity index (χ4n) is 4.62. The number of rotatable bonds is 10. The molecular weight excluding hydrogens is 510 g/mol. The van der Waals surface area contributed by atoms with Gasteiger partial charge in [-0.1, -0.05) is 54.7 Å². The van der Waals surface area contributed by atoms with Crippen LogP contribution < -0.4 is 0 Å². The Morgan fingerprint density at radius 3 is 2.44 bits per heavy atom. The van der Waals surface area contributed by atoms with E-state index in [1.54, 1.807) is 18.4 Å². The second kappa shape index (κ2) is 13.1. The normalized spacial score (nSPS) is 12.1. The molecule has 1 atom stereocenters. The summed E-state index contributed by atoms with van der Waals surface area (Å²) in [5, 5.41) is 0. The molecule has 4 aromatic rings. The van der Waals surface area contributed by atoms with Crippen LogP contribution in [0.4, 0.5) is 4.39 Å². The van der Waals surface area contributed by atoms with Crippen LogP contribution in [0.2, 0.25) is 0 Å². The lowest BCUT2D eigenvalue weighted by Gasteiger charge is -2.13. The van der Waals surface area contributed by atoms with E-state index in [1.807, 2.05) is 30.3 Å². The average Bonchev–Trinajstić information content (AvgIpc) is 3.43. The fraction of sp³-hybridized carbons (Fsp3) is 0.273. The summed E-state index contributed by atoms with van der Waals surface area (Å²) >= 11 is 0. The van der Waals surface area contributed by atoms with Crippen molar-refractivity contribution in [2.75, 3.05) is 6.16 Å². The van der Waals surface area contributed by atoms with Crippen molar-refractivity contribution in [3.8, 4) is 23.2 Å². The maximum Gasteiger partial charge on any atom is 0.325 e. The standard InChI is InChI=1S/C33H34FO4P/c1-24-12-13-27(20-25(24)2)21-30(29-9-6-10-31(34)23-29)17-16-28-15-14-26(8-4-3-5-19-39(35,36)37)22-32(28)33-11-7-18-38-33/h6-7,9-15,18,20,22-23,30H,3-5,8,19,21H2,1-2H3,(H2,35,36,37). The van der Waals surface area contributed by atoms with Crippen molar-refractivity contribution in [3.05, 3.63) is 118 Å². The van der Waals surface area contributed by atoms with Crippen LogP contribution in [0.1, 0.15) is 58.6 Å². The van der Waals surface area contributed by atoms with Crippen molar-refractivity contribution in [1.82, 2.24) is 0 Å². The molecule has 1 heterocycles. The first kappa shape index (κ1) is 28.6. The zero-order valence-electron chi connectivity index (χ0n) is 22.4. The van der Waals surface area contributed by atoms with Crippen LogP contribution in [0.3, 0.4) is 0 Å². The van der Waals surface area contributed by atoms with Gasteiger partial charge in [-0.25, -0.2) is 4.39 Å². The lowest BCUT2D eigenvalue weighted by atomic mass is 9.90. The molecule has 0 saturated heterocycles. The number of furan rings is 1. The van der Waals surface area contributed by atoms with Gasteiger partial charge in [0.1, 0.15) is 11.6 Å². The number of hydrogen-bond donors (Lipinski definition) is 2. The first-order valence-corrected chi connectivity index (χ1v) is 15.0. The van der Waals surface area contributed by atoms with Gasteiger partial charge in [0.15, 0.2) is 0 Å². The largest absolute Gasteiger partial charge is 0.464 e. The van der Waals surface area contributed by atoms with Crippen LogP contribution in [0.5, 0.6) is 0 Å². The Kier molecular flexibility index (Phi) is 9.59. The van der Waals surface area contributed by atoms with Gasteiger partial charge in [0.2, 0.25) is 0 Å². The van der Waals surface area contributed by atoms with Crippen LogP contribution in [0, 0.1) is 31.5 Å². The molecule has 6 heteroatoms. The first-order valence-electron chi connectivity index (χ1n) is 13.2. The summed E-state index contributed by atoms with van der Waals surface area (Å²) in [4.78, 5) is 18.1. The van der Waals surface area contributed by atoms with Crippen molar-refractivity contribution in [1.29, 1.82) is 0 Å². The number of aryl methyl sites for hydroxylation is 3. The molecule has 0 saturated carbocycles. The van der Waals surface area contributed by atoms with Crippen LogP contribution in [0.25, 0.3) is 11.3 Å². The topological polar surface area (TPSA) is 70.7 Å². The zero-order chi connectivity index (χ0) is 27.8. The molecule has 3 aromatic carbocycles. The lowest BCUT2D eigenvalue weighted by molar-refractivity contribution is 0.371. The molecule has 39 heavy (non-hydrogen) atoms. The van der Waals surface area contributed by atoms with Crippen molar-refractivity contribution in [3.63, 3.8) is 0 Å². The summed E-state index contributed by atoms with van der Waals surface area (Å²) < 4.78 is 30.9. The Morgan fingerprint density at radius 2 is 1.72 bits per heavy atom. The minimum Gasteiger partial charge on any atom is -0.464 e. The molecule has 0 aliphatic heterocycles. The number of benzene rings is 3. The van der Waals surface area contributed by atoms with Crippen molar-refractivity contribution in [2.24, 2.45) is 0 Å². The smallest absolute Gasteiger partial charge is 0.325 e. The van der Waals surface area contributed by atoms with E-state index in [4.69, 9.17) is 14.2 Å². The lowest BCUT2D eigenvalue weighted by Crippen LogP contribution is -2.02. The van der Waals surface area contributed by atoms with E-state index in [1.165, 1.54) is 17.2 Å². The fourth-order valence-corrected chi connectivity index (χ4v) is 5.26. The Labute approximate surface area is 230 Å². The average molecular weight is 545 g/mol. The van der Waals surface area contributed by atoms with E-state index >= 15 is 0 Å². The molecule has 0 radical (unpaired) electrons. The molecule has 0 bridgehead atoms. The second-order valence-corrected chi connectivity index (χ2v) is 11.8. The predicted octanol–water partition coefficient (Wildman–Crippen LogP) is 7.97. The van der Waals surface area contributed by atoms with Crippen LogP contribution >= 0.6 is 7.60 Å². The summed E-state index contributed by atoms with van der Waals surface area (Å²) in [5.41, 5.74) is 7.28. The van der Waals surface area contributed by atoms with Gasteiger partial charge in [-0.3, -0.25) is 4.57 Å².